The third kappa shape index (κ3) is 3.17. The molecule has 4 heteroatoms. The van der Waals surface area contributed by atoms with Gasteiger partial charge in [0.1, 0.15) is 5.75 Å². The Morgan fingerprint density at radius 1 is 1.20 bits per heavy atom. The van der Waals surface area contributed by atoms with Crippen LogP contribution in [0.25, 0.3) is 0 Å². The third-order valence-electron chi connectivity index (χ3n) is 3.26. The molecule has 2 aromatic carbocycles. The van der Waals surface area contributed by atoms with E-state index in [-0.39, 0.29) is 6.04 Å². The molecule has 0 heterocycles. The Labute approximate surface area is 133 Å². The summed E-state index contributed by atoms with van der Waals surface area (Å²) in [4.78, 5) is 0. The molecule has 1 unspecified atom stereocenters. The number of hydrogen-bond acceptors (Lipinski definition) is 2. The van der Waals surface area contributed by atoms with Crippen molar-refractivity contribution < 1.29 is 4.74 Å². The molecule has 0 saturated heterocycles. The molecule has 2 nitrogen and oxygen atoms in total. The van der Waals surface area contributed by atoms with Crippen LogP contribution in [0.15, 0.2) is 40.9 Å². The number of ether oxygens (including phenoxy) is 1. The van der Waals surface area contributed by atoms with Gasteiger partial charge in [0, 0.05) is 4.47 Å². The number of nitrogens with one attached hydrogen (secondary N) is 1. The molecule has 0 spiro atoms. The van der Waals surface area contributed by atoms with E-state index >= 15 is 0 Å². The molecule has 0 fully saturated rings. The van der Waals surface area contributed by atoms with Gasteiger partial charge in [0.25, 0.3) is 0 Å². The van der Waals surface area contributed by atoms with Gasteiger partial charge in [0.05, 0.1) is 18.2 Å². The second-order valence-corrected chi connectivity index (χ2v) is 5.90. The number of halogens is 2. The highest BCUT2D eigenvalue weighted by Crippen LogP contribution is 2.33. The molecule has 1 atom stereocenters. The topological polar surface area (TPSA) is 21.3 Å². The van der Waals surface area contributed by atoms with Crippen molar-refractivity contribution in [2.24, 2.45) is 0 Å². The van der Waals surface area contributed by atoms with Crippen LogP contribution in [0.1, 0.15) is 22.7 Å². The molecule has 0 aliphatic rings. The summed E-state index contributed by atoms with van der Waals surface area (Å²) in [7, 11) is 3.56. The summed E-state index contributed by atoms with van der Waals surface area (Å²) in [6.07, 6.45) is 0. The first-order chi connectivity index (χ1) is 9.56. The summed E-state index contributed by atoms with van der Waals surface area (Å²) in [5, 5.41) is 3.95. The van der Waals surface area contributed by atoms with Gasteiger partial charge in [-0.25, -0.2) is 0 Å². The van der Waals surface area contributed by atoms with Gasteiger partial charge in [-0.3, -0.25) is 0 Å². The average Bonchev–Trinajstić information content (AvgIpc) is 2.42. The van der Waals surface area contributed by atoms with Crippen LogP contribution in [-0.4, -0.2) is 14.2 Å². The molecule has 1 N–H and O–H groups in total. The normalized spacial score (nSPS) is 12.2. The summed E-state index contributed by atoms with van der Waals surface area (Å²) >= 11 is 9.85. The van der Waals surface area contributed by atoms with Gasteiger partial charge in [-0.05, 0) is 48.9 Å². The van der Waals surface area contributed by atoms with Gasteiger partial charge >= 0.3 is 0 Å². The van der Waals surface area contributed by atoms with E-state index in [0.29, 0.717) is 10.8 Å². The van der Waals surface area contributed by atoms with Crippen LogP contribution < -0.4 is 10.1 Å². The van der Waals surface area contributed by atoms with Crippen molar-refractivity contribution in [1.29, 1.82) is 0 Å². The molecule has 0 bridgehead atoms. The highest BCUT2D eigenvalue weighted by molar-refractivity contribution is 9.10. The zero-order chi connectivity index (χ0) is 14.7. The molecule has 2 aromatic rings. The predicted octanol–water partition coefficient (Wildman–Crippen LogP) is 4.73. The molecule has 0 aromatic heterocycles. The van der Waals surface area contributed by atoms with E-state index in [4.69, 9.17) is 16.3 Å². The zero-order valence-corrected chi connectivity index (χ0v) is 14.0. The lowest BCUT2D eigenvalue weighted by Crippen LogP contribution is -2.18. The maximum Gasteiger partial charge on any atom is 0.137 e. The van der Waals surface area contributed by atoms with Crippen molar-refractivity contribution in [3.63, 3.8) is 0 Å². The van der Waals surface area contributed by atoms with Crippen molar-refractivity contribution in [3.05, 3.63) is 62.6 Å². The molecule has 20 heavy (non-hydrogen) atoms. The summed E-state index contributed by atoms with van der Waals surface area (Å²) in [5.41, 5.74) is 3.51. The number of rotatable bonds is 4. The molecule has 0 saturated carbocycles. The van der Waals surface area contributed by atoms with Gasteiger partial charge < -0.3 is 10.1 Å². The first-order valence-corrected chi connectivity index (χ1v) is 7.50. The molecule has 0 aliphatic carbocycles. The Balaban J connectivity index is 2.44. The van der Waals surface area contributed by atoms with E-state index in [0.717, 1.165) is 10.0 Å². The van der Waals surface area contributed by atoms with E-state index in [9.17, 15) is 0 Å². The molecular formula is C16H17BrClNO. The minimum atomic E-state index is 0.0772. The van der Waals surface area contributed by atoms with Crippen molar-refractivity contribution in [2.75, 3.05) is 14.2 Å². The summed E-state index contributed by atoms with van der Waals surface area (Å²) < 4.78 is 6.28. The van der Waals surface area contributed by atoms with Crippen LogP contribution in [0.5, 0.6) is 5.75 Å². The first-order valence-electron chi connectivity index (χ1n) is 6.33. The molecule has 106 valence electrons. The highest BCUT2D eigenvalue weighted by Gasteiger charge is 2.16. The smallest absolute Gasteiger partial charge is 0.137 e. The fourth-order valence-corrected chi connectivity index (χ4v) is 3.22. The van der Waals surface area contributed by atoms with Gasteiger partial charge in [0.2, 0.25) is 0 Å². The van der Waals surface area contributed by atoms with E-state index < -0.39 is 0 Å². The predicted molar refractivity (Wildman–Crippen MR) is 87.8 cm³/mol. The van der Waals surface area contributed by atoms with Gasteiger partial charge in [-0.2, -0.15) is 0 Å². The molecule has 0 aliphatic heterocycles. The molecular weight excluding hydrogens is 338 g/mol. The number of methoxy groups -OCH3 is 1. The lowest BCUT2D eigenvalue weighted by molar-refractivity contribution is 0.414. The van der Waals surface area contributed by atoms with Crippen molar-refractivity contribution in [2.45, 2.75) is 13.0 Å². The number of aryl methyl sites for hydroxylation is 1. The Hall–Kier alpha value is -1.03. The Bertz CT molecular complexity index is 615. The lowest BCUT2D eigenvalue weighted by Gasteiger charge is -2.20. The van der Waals surface area contributed by atoms with Crippen LogP contribution in [0.2, 0.25) is 5.02 Å². The second kappa shape index (κ2) is 6.61. The molecule has 0 amide bonds. The Kier molecular flexibility index (Phi) is 5.08. The maximum atomic E-state index is 6.22. The summed E-state index contributed by atoms with van der Waals surface area (Å²) in [6, 6.07) is 12.3. The largest absolute Gasteiger partial charge is 0.495 e. The maximum absolute atomic E-state index is 6.22. The highest BCUT2D eigenvalue weighted by atomic mass is 79.9. The van der Waals surface area contributed by atoms with Gasteiger partial charge in [-0.1, -0.05) is 45.7 Å². The lowest BCUT2D eigenvalue weighted by atomic mass is 9.98. The average molecular weight is 355 g/mol. The van der Waals surface area contributed by atoms with Crippen molar-refractivity contribution >= 4 is 27.5 Å². The minimum absolute atomic E-state index is 0.0772. The van der Waals surface area contributed by atoms with Crippen LogP contribution in [0.4, 0.5) is 0 Å². The second-order valence-electron chi connectivity index (χ2n) is 4.64. The standard InChI is InChI=1S/C16H17BrClNO/c1-10-4-6-12(13(17)8-10)16(19-2)11-5-7-15(20-3)14(18)9-11/h4-9,16,19H,1-3H3. The minimum Gasteiger partial charge on any atom is -0.495 e. The first kappa shape index (κ1) is 15.4. The van der Waals surface area contributed by atoms with Crippen LogP contribution >= 0.6 is 27.5 Å². The summed E-state index contributed by atoms with van der Waals surface area (Å²) in [6.45, 7) is 2.08. The Morgan fingerprint density at radius 3 is 2.50 bits per heavy atom. The van der Waals surface area contributed by atoms with Crippen LogP contribution in [-0.2, 0) is 0 Å². The van der Waals surface area contributed by atoms with E-state index in [1.165, 1.54) is 11.1 Å². The Morgan fingerprint density at radius 2 is 1.95 bits per heavy atom. The number of hydrogen-bond donors (Lipinski definition) is 1. The fraction of sp³-hybridized carbons (Fsp3) is 0.250. The summed E-state index contributed by atoms with van der Waals surface area (Å²) in [5.74, 6) is 0.688. The van der Waals surface area contributed by atoms with Crippen molar-refractivity contribution in [3.8, 4) is 5.75 Å². The van der Waals surface area contributed by atoms with Crippen molar-refractivity contribution in [1.82, 2.24) is 5.32 Å². The van der Waals surface area contributed by atoms with E-state index in [2.05, 4.69) is 46.4 Å². The molecule has 0 radical (unpaired) electrons. The van der Waals surface area contributed by atoms with Gasteiger partial charge in [-0.15, -0.1) is 0 Å². The monoisotopic (exact) mass is 353 g/mol. The van der Waals surface area contributed by atoms with Gasteiger partial charge in [0.15, 0.2) is 0 Å². The third-order valence-corrected chi connectivity index (χ3v) is 4.25. The molecule has 2 rings (SSSR count). The quantitative estimate of drug-likeness (QED) is 0.857. The zero-order valence-electron chi connectivity index (χ0n) is 11.7. The number of benzene rings is 2. The van der Waals surface area contributed by atoms with Crippen LogP contribution in [0, 0.1) is 6.92 Å². The van der Waals surface area contributed by atoms with E-state index in [1.54, 1.807) is 7.11 Å². The SMILES string of the molecule is CNC(c1ccc(OC)c(Cl)c1)c1ccc(C)cc1Br. The van der Waals surface area contributed by atoms with E-state index in [1.807, 2.05) is 25.2 Å². The van der Waals surface area contributed by atoms with Crippen LogP contribution in [0.3, 0.4) is 0 Å². The fourth-order valence-electron chi connectivity index (χ4n) is 2.23.